The number of nitrogens with one attached hydrogen (secondary N) is 1. The predicted octanol–water partition coefficient (Wildman–Crippen LogP) is 1.30. The molecule has 0 saturated carbocycles. The largest absolute Gasteiger partial charge is 0.271 e. The van der Waals surface area contributed by atoms with E-state index in [1.54, 1.807) is 0 Å². The number of thiocarbonyl (C=S) groups is 1. The molecule has 0 radical (unpaired) electrons. The van der Waals surface area contributed by atoms with Crippen molar-refractivity contribution < 1.29 is 0 Å². The molecule has 4 heteroatoms. The van der Waals surface area contributed by atoms with E-state index in [1.165, 1.54) is 0 Å². The molecular weight excluding hydrogens is 140 g/mol. The Bertz CT molecular complexity index is 195. The summed E-state index contributed by atoms with van der Waals surface area (Å²) in [6.45, 7) is 6.36. The van der Waals surface area contributed by atoms with Gasteiger partial charge in [0.1, 0.15) is 0 Å². The molecule has 0 heterocycles. The highest BCUT2D eigenvalue weighted by Crippen LogP contribution is 1.97. The predicted molar refractivity (Wildman–Crippen MR) is 39.4 cm³/mol. The zero-order valence-electron chi connectivity index (χ0n) is 3.80. The first kappa shape index (κ1) is 7.38. The monoisotopic (exact) mass is 142 g/mol. The average molecular weight is 142 g/mol. The molecule has 0 fully saturated rings. The molecule has 0 aromatic heterocycles. The Morgan fingerprint density at radius 3 is 2.38 bits per heavy atom. The summed E-state index contributed by atoms with van der Waals surface area (Å²) in [5, 5.41) is 6.45. The minimum absolute atomic E-state index is 0.0108. The summed E-state index contributed by atoms with van der Waals surface area (Å²) >= 11 is 8.10. The molecule has 0 saturated heterocycles. The van der Waals surface area contributed by atoms with Crippen LogP contribution in [0.4, 0.5) is 0 Å². The van der Waals surface area contributed by atoms with Crippen molar-refractivity contribution in [1.29, 1.82) is 5.41 Å². The number of nitrogens with zero attached hydrogens (tertiary/aromatic N) is 1. The molecular formula is C4H2N2S2. The summed E-state index contributed by atoms with van der Waals surface area (Å²) in [6, 6.07) is 0. The second kappa shape index (κ2) is 3.39. The molecule has 0 aromatic carbocycles. The van der Waals surface area contributed by atoms with Crippen molar-refractivity contribution in [3.8, 4) is 0 Å². The van der Waals surface area contributed by atoms with Crippen molar-refractivity contribution in [3.05, 3.63) is 17.1 Å². The second-order valence-electron chi connectivity index (χ2n) is 0.891. The van der Waals surface area contributed by atoms with Crippen LogP contribution in [0, 0.1) is 12.0 Å². The van der Waals surface area contributed by atoms with Crippen LogP contribution >= 0.6 is 24.8 Å². The zero-order valence-corrected chi connectivity index (χ0v) is 5.51. The highest BCUT2D eigenvalue weighted by atomic mass is 32.1. The van der Waals surface area contributed by atoms with Crippen molar-refractivity contribution in [2.45, 2.75) is 0 Å². The molecule has 0 bridgehead atoms. The first-order valence-electron chi connectivity index (χ1n) is 1.62. The topological polar surface area (TPSA) is 28.2 Å². The Kier molecular flexibility index (Phi) is 3.13. The molecule has 0 aliphatic carbocycles. The third-order valence-electron chi connectivity index (χ3n) is 0.433. The van der Waals surface area contributed by atoms with Crippen LogP contribution < -0.4 is 0 Å². The Morgan fingerprint density at radius 1 is 1.88 bits per heavy atom. The van der Waals surface area contributed by atoms with E-state index in [0.717, 1.165) is 0 Å². The molecule has 0 atom stereocenters. The van der Waals surface area contributed by atoms with Crippen LogP contribution in [0.25, 0.3) is 4.85 Å². The van der Waals surface area contributed by atoms with Crippen molar-refractivity contribution >= 4 is 34.9 Å². The summed E-state index contributed by atoms with van der Waals surface area (Å²) in [5.41, 5.74) is -0.0108. The summed E-state index contributed by atoms with van der Waals surface area (Å²) in [4.78, 5) is 2.86. The van der Waals surface area contributed by atoms with Crippen molar-refractivity contribution in [3.63, 3.8) is 0 Å². The van der Waals surface area contributed by atoms with E-state index in [2.05, 4.69) is 29.7 Å². The first-order chi connectivity index (χ1) is 3.72. The van der Waals surface area contributed by atoms with Crippen LogP contribution in [0.2, 0.25) is 0 Å². The molecule has 40 valence electrons. The van der Waals surface area contributed by atoms with Gasteiger partial charge in [0.15, 0.2) is 0 Å². The van der Waals surface area contributed by atoms with Crippen molar-refractivity contribution in [1.82, 2.24) is 0 Å². The number of hydrogen-bond donors (Lipinski definition) is 2. The second-order valence-corrected chi connectivity index (χ2v) is 2.05. The molecule has 0 aliphatic heterocycles. The van der Waals surface area contributed by atoms with Gasteiger partial charge in [-0.25, -0.2) is 4.85 Å². The van der Waals surface area contributed by atoms with Gasteiger partial charge in [0.2, 0.25) is 0 Å². The number of rotatable bonds is 1. The van der Waals surface area contributed by atoms with Crippen LogP contribution in [-0.4, -0.2) is 10.1 Å². The normalized spacial score (nSPS) is 6.50. The van der Waals surface area contributed by atoms with Gasteiger partial charge in [-0.3, -0.25) is 5.41 Å². The Balaban J connectivity index is 4.46. The lowest BCUT2D eigenvalue weighted by Gasteiger charge is -1.80. The van der Waals surface area contributed by atoms with E-state index >= 15 is 0 Å². The van der Waals surface area contributed by atoms with Gasteiger partial charge in [-0.2, -0.15) is 0 Å². The molecule has 8 heavy (non-hydrogen) atoms. The fourth-order valence-corrected chi connectivity index (χ4v) is 0.332. The van der Waals surface area contributed by atoms with Gasteiger partial charge < -0.3 is 0 Å². The smallest absolute Gasteiger partial charge is 0.269 e. The maximum Gasteiger partial charge on any atom is 0.269 e. The quantitative estimate of drug-likeness (QED) is 0.186. The van der Waals surface area contributed by atoms with Gasteiger partial charge in [-0.15, -0.1) is 12.6 Å². The standard InChI is InChI=1S/C4H2N2S2/c1-6-3(2-5)4(7)8/h5H,(H,7,8). The van der Waals surface area contributed by atoms with Crippen molar-refractivity contribution in [2.24, 2.45) is 0 Å². The lowest BCUT2D eigenvalue weighted by Crippen LogP contribution is -1.82. The Morgan fingerprint density at radius 2 is 2.38 bits per heavy atom. The van der Waals surface area contributed by atoms with Gasteiger partial charge in [0.25, 0.3) is 5.70 Å². The van der Waals surface area contributed by atoms with Gasteiger partial charge >= 0.3 is 0 Å². The van der Waals surface area contributed by atoms with Gasteiger partial charge in [-0.05, 0) is 5.87 Å². The van der Waals surface area contributed by atoms with E-state index < -0.39 is 0 Å². The molecule has 0 rings (SSSR count). The van der Waals surface area contributed by atoms with E-state index in [-0.39, 0.29) is 9.89 Å². The van der Waals surface area contributed by atoms with Gasteiger partial charge in [0.05, 0.1) is 10.8 Å². The lowest BCUT2D eigenvalue weighted by atomic mass is 10.6. The Hall–Kier alpha value is -0.620. The minimum Gasteiger partial charge on any atom is -0.271 e. The molecule has 0 unspecified atom stereocenters. The summed E-state index contributed by atoms with van der Waals surface area (Å²) in [6.07, 6.45) is 0. The first-order valence-corrected chi connectivity index (χ1v) is 2.48. The van der Waals surface area contributed by atoms with E-state index in [9.17, 15) is 0 Å². The minimum atomic E-state index is -0.0108. The van der Waals surface area contributed by atoms with Crippen LogP contribution in [0.1, 0.15) is 0 Å². The van der Waals surface area contributed by atoms with Crippen LogP contribution in [-0.2, 0) is 0 Å². The average Bonchev–Trinajstić information content (AvgIpc) is 1.69. The fraction of sp³-hybridized carbons (Fsp3) is 0. The van der Waals surface area contributed by atoms with Crippen LogP contribution in [0.5, 0.6) is 0 Å². The van der Waals surface area contributed by atoms with E-state index in [1.807, 2.05) is 5.87 Å². The summed E-state index contributed by atoms with van der Waals surface area (Å²) in [7, 11) is 0. The Labute approximate surface area is 57.9 Å². The maximum absolute atomic E-state index is 6.45. The molecule has 0 spiro atoms. The highest BCUT2D eigenvalue weighted by Gasteiger charge is 1.95. The van der Waals surface area contributed by atoms with Gasteiger partial charge in [0, 0.05) is 0 Å². The zero-order chi connectivity index (χ0) is 6.57. The summed E-state index contributed by atoms with van der Waals surface area (Å²) in [5.74, 6) is 1.85. The molecule has 1 N–H and O–H groups in total. The van der Waals surface area contributed by atoms with Crippen LogP contribution in [0.15, 0.2) is 5.70 Å². The SMILES string of the molecule is [C-]#[N+]C(=C=N)C(=S)S. The van der Waals surface area contributed by atoms with Gasteiger partial charge in [-0.1, -0.05) is 12.2 Å². The highest BCUT2D eigenvalue weighted by molar-refractivity contribution is 8.11. The summed E-state index contributed by atoms with van der Waals surface area (Å²) < 4.78 is 0.120. The third kappa shape index (κ3) is 1.90. The third-order valence-corrected chi connectivity index (χ3v) is 0.838. The number of thiol groups is 1. The fourth-order valence-electron chi connectivity index (χ4n) is 0.129. The van der Waals surface area contributed by atoms with Crippen LogP contribution in [0.3, 0.4) is 0 Å². The molecule has 0 aliphatic rings. The number of hydrogen-bond acceptors (Lipinski definition) is 2. The lowest BCUT2D eigenvalue weighted by molar-refractivity contribution is 1.59. The van der Waals surface area contributed by atoms with Crippen molar-refractivity contribution in [2.75, 3.05) is 0 Å². The maximum atomic E-state index is 6.45. The van der Waals surface area contributed by atoms with E-state index in [4.69, 9.17) is 12.0 Å². The van der Waals surface area contributed by atoms with E-state index in [0.29, 0.717) is 0 Å². The molecule has 2 nitrogen and oxygen atoms in total. The molecule has 0 amide bonds. The molecule has 0 aromatic rings.